The fourth-order valence-electron chi connectivity index (χ4n) is 4.26. The molecule has 0 spiro atoms. The Kier molecular flexibility index (Phi) is 6.10. The van der Waals surface area contributed by atoms with E-state index in [-0.39, 0.29) is 17.3 Å². The van der Waals surface area contributed by atoms with Crippen LogP contribution >= 0.6 is 0 Å². The van der Waals surface area contributed by atoms with Crippen LogP contribution in [0, 0.1) is 5.82 Å². The molecular formula is C25H27FN4O2. The van der Waals surface area contributed by atoms with Crippen molar-refractivity contribution in [2.24, 2.45) is 0 Å². The standard InChI is InChI=1S/C25H27FN4O2/c1-15-13-30(14-16(2)28-15)24-12-19(9-10-27-24)21-6-4-5-20(25(21)32)18-7-8-23(22(26)11-18)29-17(3)31/h4-12,15-16,28,32H,13-14H2,1-3H3,(H,29,31). The molecule has 2 atom stereocenters. The first-order valence-electron chi connectivity index (χ1n) is 10.7. The topological polar surface area (TPSA) is 77.5 Å². The second-order valence-corrected chi connectivity index (χ2v) is 8.35. The van der Waals surface area contributed by atoms with Gasteiger partial charge in [0.05, 0.1) is 5.69 Å². The number of pyridine rings is 1. The zero-order valence-electron chi connectivity index (χ0n) is 18.4. The van der Waals surface area contributed by atoms with E-state index >= 15 is 0 Å². The van der Waals surface area contributed by atoms with Gasteiger partial charge < -0.3 is 20.6 Å². The lowest BCUT2D eigenvalue weighted by atomic mass is 9.97. The van der Waals surface area contributed by atoms with Gasteiger partial charge in [-0.05, 0) is 49.2 Å². The average Bonchev–Trinajstić information content (AvgIpc) is 2.74. The molecule has 4 rings (SSSR count). The number of hydrogen-bond acceptors (Lipinski definition) is 5. The van der Waals surface area contributed by atoms with Gasteiger partial charge in [-0.15, -0.1) is 0 Å². The van der Waals surface area contributed by atoms with E-state index in [1.54, 1.807) is 18.3 Å². The van der Waals surface area contributed by atoms with Crippen LogP contribution in [0.2, 0.25) is 0 Å². The molecule has 1 aliphatic heterocycles. The molecule has 1 saturated heterocycles. The molecular weight excluding hydrogens is 407 g/mol. The van der Waals surface area contributed by atoms with Crippen molar-refractivity contribution in [3.05, 3.63) is 60.5 Å². The Morgan fingerprint density at radius 2 is 1.75 bits per heavy atom. The molecule has 1 fully saturated rings. The summed E-state index contributed by atoms with van der Waals surface area (Å²) in [6, 6.07) is 14.4. The molecule has 2 aromatic carbocycles. The molecule has 6 nitrogen and oxygen atoms in total. The van der Waals surface area contributed by atoms with Crippen LogP contribution in [0.1, 0.15) is 20.8 Å². The zero-order chi connectivity index (χ0) is 22.8. The normalized spacial score (nSPS) is 18.4. The van der Waals surface area contributed by atoms with Crippen LogP contribution in [0.4, 0.5) is 15.9 Å². The van der Waals surface area contributed by atoms with Crippen molar-refractivity contribution >= 4 is 17.4 Å². The van der Waals surface area contributed by atoms with Gasteiger partial charge in [-0.1, -0.05) is 24.3 Å². The molecule has 3 aromatic rings. The Bertz CT molecular complexity index is 1140. The van der Waals surface area contributed by atoms with Gasteiger partial charge in [-0.2, -0.15) is 0 Å². The summed E-state index contributed by atoms with van der Waals surface area (Å²) in [5, 5.41) is 17.0. The van der Waals surface area contributed by atoms with Gasteiger partial charge in [0.25, 0.3) is 0 Å². The van der Waals surface area contributed by atoms with Crippen LogP contribution in [0.3, 0.4) is 0 Å². The zero-order valence-corrected chi connectivity index (χ0v) is 18.4. The minimum atomic E-state index is -0.560. The summed E-state index contributed by atoms with van der Waals surface area (Å²) in [7, 11) is 0. The van der Waals surface area contributed by atoms with Gasteiger partial charge in [0, 0.05) is 49.4 Å². The van der Waals surface area contributed by atoms with E-state index in [0.29, 0.717) is 28.8 Å². The summed E-state index contributed by atoms with van der Waals surface area (Å²) in [5.41, 5.74) is 2.63. The van der Waals surface area contributed by atoms with Crippen molar-refractivity contribution in [3.8, 4) is 28.0 Å². The van der Waals surface area contributed by atoms with Crippen molar-refractivity contribution < 1.29 is 14.3 Å². The summed E-state index contributed by atoms with van der Waals surface area (Å²) in [6.07, 6.45) is 1.75. The van der Waals surface area contributed by atoms with E-state index < -0.39 is 5.82 Å². The van der Waals surface area contributed by atoms with Crippen molar-refractivity contribution in [2.45, 2.75) is 32.9 Å². The maximum atomic E-state index is 14.5. The SMILES string of the molecule is CC(=O)Nc1ccc(-c2cccc(-c3ccnc(N4CC(C)NC(C)C4)c3)c2O)cc1F. The van der Waals surface area contributed by atoms with Gasteiger partial charge in [0.1, 0.15) is 17.4 Å². The predicted molar refractivity (Wildman–Crippen MR) is 125 cm³/mol. The van der Waals surface area contributed by atoms with E-state index in [0.717, 1.165) is 24.5 Å². The highest BCUT2D eigenvalue weighted by atomic mass is 19.1. The highest BCUT2D eigenvalue weighted by Gasteiger charge is 2.22. The molecule has 0 bridgehead atoms. The van der Waals surface area contributed by atoms with E-state index in [4.69, 9.17) is 0 Å². The third-order valence-electron chi connectivity index (χ3n) is 5.56. The summed E-state index contributed by atoms with van der Waals surface area (Å²) >= 11 is 0. The fourth-order valence-corrected chi connectivity index (χ4v) is 4.26. The Balaban J connectivity index is 1.68. The molecule has 1 amide bonds. The number of aromatic hydroxyl groups is 1. The number of phenolic OH excluding ortho intramolecular Hbond substituents is 1. The molecule has 32 heavy (non-hydrogen) atoms. The van der Waals surface area contributed by atoms with E-state index in [1.165, 1.54) is 19.1 Å². The Morgan fingerprint density at radius 3 is 2.38 bits per heavy atom. The van der Waals surface area contributed by atoms with Crippen LogP contribution in [-0.2, 0) is 4.79 Å². The Labute approximate surface area is 187 Å². The van der Waals surface area contributed by atoms with Gasteiger partial charge in [-0.25, -0.2) is 9.37 Å². The summed E-state index contributed by atoms with van der Waals surface area (Å²) in [4.78, 5) is 18.0. The number of nitrogens with one attached hydrogen (secondary N) is 2. The Hall–Kier alpha value is -3.45. The van der Waals surface area contributed by atoms with Crippen molar-refractivity contribution in [2.75, 3.05) is 23.3 Å². The second kappa shape index (κ2) is 8.96. The first-order chi connectivity index (χ1) is 15.3. The fraction of sp³-hybridized carbons (Fsp3) is 0.280. The average molecular weight is 435 g/mol. The summed E-state index contributed by atoms with van der Waals surface area (Å²) in [6.45, 7) is 7.34. The molecule has 2 unspecified atom stereocenters. The molecule has 0 aliphatic carbocycles. The van der Waals surface area contributed by atoms with E-state index in [2.05, 4.69) is 34.4 Å². The van der Waals surface area contributed by atoms with Crippen LogP contribution < -0.4 is 15.5 Å². The number of amides is 1. The third kappa shape index (κ3) is 4.57. The molecule has 0 radical (unpaired) electrons. The monoisotopic (exact) mass is 434 g/mol. The number of anilines is 2. The molecule has 3 N–H and O–H groups in total. The Morgan fingerprint density at radius 1 is 1.09 bits per heavy atom. The lowest BCUT2D eigenvalue weighted by Gasteiger charge is -2.37. The number of hydrogen-bond donors (Lipinski definition) is 3. The van der Waals surface area contributed by atoms with Gasteiger partial charge in [0.15, 0.2) is 0 Å². The number of benzene rings is 2. The first-order valence-corrected chi connectivity index (χ1v) is 10.7. The van der Waals surface area contributed by atoms with E-state index in [9.17, 15) is 14.3 Å². The van der Waals surface area contributed by atoms with Crippen molar-refractivity contribution in [1.82, 2.24) is 10.3 Å². The highest BCUT2D eigenvalue weighted by Crippen LogP contribution is 2.39. The maximum Gasteiger partial charge on any atom is 0.221 e. The maximum absolute atomic E-state index is 14.5. The quantitative estimate of drug-likeness (QED) is 0.567. The highest BCUT2D eigenvalue weighted by molar-refractivity contribution is 5.89. The number of halogens is 1. The lowest BCUT2D eigenvalue weighted by molar-refractivity contribution is -0.114. The van der Waals surface area contributed by atoms with E-state index in [1.807, 2.05) is 24.3 Å². The number of piperazine rings is 1. The number of rotatable bonds is 4. The van der Waals surface area contributed by atoms with Crippen molar-refractivity contribution in [3.63, 3.8) is 0 Å². The van der Waals surface area contributed by atoms with Crippen LogP contribution in [0.25, 0.3) is 22.3 Å². The predicted octanol–water partition coefficient (Wildman–Crippen LogP) is 4.41. The number of aromatic nitrogens is 1. The summed E-state index contributed by atoms with van der Waals surface area (Å²) in [5.74, 6) is 0.0236. The van der Waals surface area contributed by atoms with Crippen LogP contribution in [0.5, 0.6) is 5.75 Å². The number of para-hydroxylation sites is 1. The van der Waals surface area contributed by atoms with Crippen LogP contribution in [-0.4, -0.2) is 41.2 Å². The number of nitrogens with zero attached hydrogens (tertiary/aromatic N) is 2. The first kappa shape index (κ1) is 21.8. The lowest BCUT2D eigenvalue weighted by Crippen LogP contribution is -2.54. The third-order valence-corrected chi connectivity index (χ3v) is 5.56. The van der Waals surface area contributed by atoms with Gasteiger partial charge in [0.2, 0.25) is 5.91 Å². The second-order valence-electron chi connectivity index (χ2n) is 8.35. The van der Waals surface area contributed by atoms with Crippen LogP contribution in [0.15, 0.2) is 54.7 Å². The van der Waals surface area contributed by atoms with Gasteiger partial charge >= 0.3 is 0 Å². The smallest absolute Gasteiger partial charge is 0.221 e. The number of carbonyl (C=O) groups excluding carboxylic acids is 1. The number of carbonyl (C=O) groups is 1. The minimum Gasteiger partial charge on any atom is -0.507 e. The molecule has 1 aromatic heterocycles. The van der Waals surface area contributed by atoms with Crippen molar-refractivity contribution in [1.29, 1.82) is 0 Å². The molecule has 1 aliphatic rings. The number of phenols is 1. The minimum absolute atomic E-state index is 0.0679. The molecule has 166 valence electrons. The van der Waals surface area contributed by atoms with Gasteiger partial charge in [-0.3, -0.25) is 4.79 Å². The molecule has 0 saturated carbocycles. The molecule has 7 heteroatoms. The summed E-state index contributed by atoms with van der Waals surface area (Å²) < 4.78 is 14.5. The largest absolute Gasteiger partial charge is 0.507 e. The molecule has 2 heterocycles.